The van der Waals surface area contributed by atoms with Crippen molar-refractivity contribution in [1.82, 2.24) is 0 Å². The van der Waals surface area contributed by atoms with Gasteiger partial charge in [-0.3, -0.25) is 0 Å². The molecule has 0 heterocycles. The van der Waals surface area contributed by atoms with E-state index >= 15 is 0 Å². The van der Waals surface area contributed by atoms with Crippen LogP contribution in [0.15, 0.2) is 59.5 Å². The van der Waals surface area contributed by atoms with Crippen LogP contribution in [0, 0.1) is 18.3 Å². The Morgan fingerprint density at radius 2 is 1.65 bits per heavy atom. The van der Waals surface area contributed by atoms with Gasteiger partial charge in [-0.25, -0.2) is 4.18 Å². The van der Waals surface area contributed by atoms with E-state index in [1.54, 1.807) is 42.5 Å². The summed E-state index contributed by atoms with van der Waals surface area (Å²) in [5.74, 6) is 0. The van der Waals surface area contributed by atoms with Gasteiger partial charge in [0.2, 0.25) is 0 Å². The summed E-state index contributed by atoms with van der Waals surface area (Å²) in [5, 5.41) is 9.09. The fraction of sp³-hybridized carbons (Fsp3) is 0.133. The molecule has 1 atom stereocenters. The van der Waals surface area contributed by atoms with Gasteiger partial charge in [-0.1, -0.05) is 48.0 Å². The largest absolute Gasteiger partial charge is 0.298 e. The van der Waals surface area contributed by atoms with Crippen LogP contribution in [0.2, 0.25) is 0 Å². The van der Waals surface area contributed by atoms with Crippen LogP contribution in [0.3, 0.4) is 0 Å². The molecule has 0 radical (unpaired) electrons. The number of benzene rings is 2. The molecule has 0 aromatic heterocycles. The Morgan fingerprint density at radius 1 is 1.05 bits per heavy atom. The quantitative estimate of drug-likeness (QED) is 0.811. The first kappa shape index (κ1) is 14.3. The van der Waals surface area contributed by atoms with Gasteiger partial charge in [0, 0.05) is 0 Å². The van der Waals surface area contributed by atoms with Crippen molar-refractivity contribution < 1.29 is 12.6 Å². The average Bonchev–Trinajstić information content (AvgIpc) is 2.46. The zero-order chi connectivity index (χ0) is 14.6. The summed E-state index contributed by atoms with van der Waals surface area (Å²) in [6.07, 6.45) is -1.15. The number of rotatable bonds is 4. The van der Waals surface area contributed by atoms with Crippen molar-refractivity contribution in [2.45, 2.75) is 17.9 Å². The third kappa shape index (κ3) is 3.23. The van der Waals surface area contributed by atoms with E-state index in [0.29, 0.717) is 5.56 Å². The summed E-state index contributed by atoms with van der Waals surface area (Å²) in [4.78, 5) is 0.0410. The maximum absolute atomic E-state index is 12.1. The highest BCUT2D eigenvalue weighted by molar-refractivity contribution is 7.86. The van der Waals surface area contributed by atoms with E-state index in [-0.39, 0.29) is 4.90 Å². The molecule has 2 aromatic rings. The summed E-state index contributed by atoms with van der Waals surface area (Å²) in [6, 6.07) is 16.7. The lowest BCUT2D eigenvalue weighted by molar-refractivity contribution is 0.268. The first-order valence-electron chi connectivity index (χ1n) is 5.97. The van der Waals surface area contributed by atoms with Crippen LogP contribution in [0.4, 0.5) is 0 Å². The summed E-state index contributed by atoms with van der Waals surface area (Å²) in [5.41, 5.74) is 1.45. The zero-order valence-corrected chi connectivity index (χ0v) is 11.7. The molecular formula is C15H13NO3S. The minimum atomic E-state index is -3.96. The molecule has 2 rings (SSSR count). The first-order chi connectivity index (χ1) is 9.53. The Balaban J connectivity index is 2.28. The highest BCUT2D eigenvalue weighted by Gasteiger charge is 2.22. The minimum Gasteiger partial charge on any atom is -0.243 e. The van der Waals surface area contributed by atoms with Crippen LogP contribution in [0.5, 0.6) is 0 Å². The van der Waals surface area contributed by atoms with Gasteiger partial charge in [0.15, 0.2) is 6.10 Å². The van der Waals surface area contributed by atoms with Crippen molar-refractivity contribution in [3.8, 4) is 6.07 Å². The molecule has 0 bridgehead atoms. The second-order valence-corrected chi connectivity index (χ2v) is 5.86. The third-order valence-electron chi connectivity index (χ3n) is 2.75. The number of nitrogens with zero attached hydrogens (tertiary/aromatic N) is 1. The van der Waals surface area contributed by atoms with E-state index in [1.165, 1.54) is 12.1 Å². The number of hydrogen-bond acceptors (Lipinski definition) is 4. The summed E-state index contributed by atoms with van der Waals surface area (Å²) in [7, 11) is -3.96. The Hall–Kier alpha value is -2.16. The van der Waals surface area contributed by atoms with Crippen LogP contribution in [0.25, 0.3) is 0 Å². The number of nitriles is 1. The third-order valence-corrected chi connectivity index (χ3v) is 4.05. The van der Waals surface area contributed by atoms with Crippen molar-refractivity contribution in [1.29, 1.82) is 5.26 Å². The predicted molar refractivity (Wildman–Crippen MR) is 74.2 cm³/mol. The maximum Gasteiger partial charge on any atom is 0.298 e. The van der Waals surface area contributed by atoms with Crippen LogP contribution < -0.4 is 0 Å². The molecule has 0 saturated carbocycles. The highest BCUT2D eigenvalue weighted by atomic mass is 32.2. The van der Waals surface area contributed by atoms with Crippen LogP contribution in [0.1, 0.15) is 17.2 Å². The molecule has 2 aromatic carbocycles. The van der Waals surface area contributed by atoms with E-state index in [1.807, 2.05) is 13.0 Å². The van der Waals surface area contributed by atoms with Gasteiger partial charge in [0.05, 0.1) is 4.90 Å². The van der Waals surface area contributed by atoms with Gasteiger partial charge in [-0.15, -0.1) is 0 Å². The van der Waals surface area contributed by atoms with Gasteiger partial charge >= 0.3 is 0 Å². The van der Waals surface area contributed by atoms with E-state index in [9.17, 15) is 8.42 Å². The topological polar surface area (TPSA) is 67.2 Å². The molecule has 4 nitrogen and oxygen atoms in total. The lowest BCUT2D eigenvalue weighted by atomic mass is 10.1. The van der Waals surface area contributed by atoms with Crippen molar-refractivity contribution in [2.75, 3.05) is 0 Å². The summed E-state index contributed by atoms with van der Waals surface area (Å²) >= 11 is 0. The monoisotopic (exact) mass is 287 g/mol. The Bertz CT molecular complexity index is 716. The molecule has 0 unspecified atom stereocenters. The molecular weight excluding hydrogens is 274 g/mol. The van der Waals surface area contributed by atoms with Gasteiger partial charge in [0.25, 0.3) is 10.1 Å². The molecule has 102 valence electrons. The minimum absolute atomic E-state index is 0.0410. The lowest BCUT2D eigenvalue weighted by Crippen LogP contribution is -2.11. The van der Waals surface area contributed by atoms with Crippen LogP contribution in [-0.2, 0) is 14.3 Å². The molecule has 5 heteroatoms. The van der Waals surface area contributed by atoms with E-state index in [2.05, 4.69) is 0 Å². The van der Waals surface area contributed by atoms with Crippen LogP contribution in [-0.4, -0.2) is 8.42 Å². The van der Waals surface area contributed by atoms with E-state index < -0.39 is 16.2 Å². The van der Waals surface area contributed by atoms with Gasteiger partial charge in [0.1, 0.15) is 6.07 Å². The van der Waals surface area contributed by atoms with Gasteiger partial charge in [-0.05, 0) is 24.6 Å². The fourth-order valence-corrected chi connectivity index (χ4v) is 2.65. The normalized spacial score (nSPS) is 12.6. The van der Waals surface area contributed by atoms with E-state index in [0.717, 1.165) is 5.56 Å². The molecule has 0 amide bonds. The van der Waals surface area contributed by atoms with Gasteiger partial charge < -0.3 is 0 Å². The fourth-order valence-electron chi connectivity index (χ4n) is 1.67. The molecule has 0 fully saturated rings. The molecule has 0 aliphatic rings. The zero-order valence-electron chi connectivity index (χ0n) is 10.9. The highest BCUT2D eigenvalue weighted by Crippen LogP contribution is 2.23. The Kier molecular flexibility index (Phi) is 4.18. The number of aryl methyl sites for hydroxylation is 1. The first-order valence-corrected chi connectivity index (χ1v) is 7.38. The van der Waals surface area contributed by atoms with E-state index in [4.69, 9.17) is 9.44 Å². The van der Waals surface area contributed by atoms with Crippen molar-refractivity contribution in [3.05, 3.63) is 65.7 Å². The molecule has 0 N–H and O–H groups in total. The predicted octanol–water partition coefficient (Wildman–Crippen LogP) is 2.97. The smallest absolute Gasteiger partial charge is 0.243 e. The maximum atomic E-state index is 12.1. The molecule has 0 spiro atoms. The average molecular weight is 287 g/mol. The van der Waals surface area contributed by atoms with Crippen molar-refractivity contribution in [2.24, 2.45) is 0 Å². The molecule has 0 aliphatic heterocycles. The van der Waals surface area contributed by atoms with Crippen LogP contribution >= 0.6 is 0 Å². The second kappa shape index (κ2) is 5.87. The molecule has 0 saturated heterocycles. The van der Waals surface area contributed by atoms with Crippen molar-refractivity contribution in [3.63, 3.8) is 0 Å². The number of hydrogen-bond donors (Lipinski definition) is 0. The Labute approximate surface area is 118 Å². The standard InChI is InChI=1S/C15H13NO3S/c1-12-7-9-14(10-8-12)20(17,18)19-15(11-16)13-5-3-2-4-6-13/h2-10,15H,1H3/t15-/m0/s1. The molecule has 0 aliphatic carbocycles. The SMILES string of the molecule is Cc1ccc(S(=O)(=O)O[C@@H](C#N)c2ccccc2)cc1. The molecule has 20 heavy (non-hydrogen) atoms. The lowest BCUT2D eigenvalue weighted by Gasteiger charge is -2.11. The summed E-state index contributed by atoms with van der Waals surface area (Å²) < 4.78 is 29.2. The van der Waals surface area contributed by atoms with Crippen molar-refractivity contribution >= 4 is 10.1 Å². The summed E-state index contributed by atoms with van der Waals surface area (Å²) in [6.45, 7) is 1.86. The Morgan fingerprint density at radius 3 is 2.20 bits per heavy atom. The van der Waals surface area contributed by atoms with Gasteiger partial charge in [-0.2, -0.15) is 13.7 Å². The second-order valence-electron chi connectivity index (χ2n) is 4.28.